The van der Waals surface area contributed by atoms with Gasteiger partial charge >= 0.3 is 6.09 Å². The van der Waals surface area contributed by atoms with E-state index in [1.54, 1.807) is 11.1 Å². The summed E-state index contributed by atoms with van der Waals surface area (Å²) in [6.07, 6.45) is 1.44. The van der Waals surface area contributed by atoms with Crippen molar-refractivity contribution in [2.75, 3.05) is 26.2 Å². The molecule has 0 saturated carbocycles. The van der Waals surface area contributed by atoms with Gasteiger partial charge in [0.15, 0.2) is 5.11 Å². The molecular weight excluding hydrogens is 350 g/mol. The van der Waals surface area contributed by atoms with E-state index in [1.165, 1.54) is 5.56 Å². The highest BCUT2D eigenvalue weighted by molar-refractivity contribution is 7.80. The summed E-state index contributed by atoms with van der Waals surface area (Å²) in [5.74, 6) is 0. The Labute approximate surface area is 160 Å². The molecule has 1 aromatic rings. The lowest BCUT2D eigenvalue weighted by molar-refractivity contribution is 0.0139. The van der Waals surface area contributed by atoms with E-state index in [4.69, 9.17) is 10.5 Å². The van der Waals surface area contributed by atoms with Crippen LogP contribution in [0.1, 0.15) is 31.9 Å². The summed E-state index contributed by atoms with van der Waals surface area (Å²) in [5, 5.41) is 4.08. The van der Waals surface area contributed by atoms with Crippen molar-refractivity contribution in [1.29, 1.82) is 0 Å². The number of nitrogens with one attached hydrogen (secondary N) is 1. The van der Waals surface area contributed by atoms with Crippen LogP contribution in [0.5, 0.6) is 0 Å². The van der Waals surface area contributed by atoms with E-state index in [1.807, 2.05) is 32.9 Å². The van der Waals surface area contributed by atoms with Crippen molar-refractivity contribution >= 4 is 29.6 Å². The summed E-state index contributed by atoms with van der Waals surface area (Å²) < 4.78 is 5.43. The highest BCUT2D eigenvalue weighted by Gasteiger charge is 2.25. The van der Waals surface area contributed by atoms with Crippen molar-refractivity contribution in [2.45, 2.75) is 32.9 Å². The van der Waals surface area contributed by atoms with Crippen molar-refractivity contribution in [2.24, 2.45) is 10.8 Å². The van der Waals surface area contributed by atoms with E-state index < -0.39 is 5.60 Å². The number of rotatable bonds is 4. The number of ether oxygens (including phenoxy) is 1. The van der Waals surface area contributed by atoms with Gasteiger partial charge in [-0.05, 0) is 44.1 Å². The van der Waals surface area contributed by atoms with Crippen LogP contribution in [0.25, 0.3) is 0 Å². The molecule has 0 bridgehead atoms. The third kappa shape index (κ3) is 6.97. The third-order valence-corrected chi connectivity index (χ3v) is 3.89. The number of piperazine rings is 1. The van der Waals surface area contributed by atoms with E-state index >= 15 is 0 Å². The van der Waals surface area contributed by atoms with Crippen LogP contribution < -0.4 is 11.2 Å². The quantitative estimate of drug-likeness (QED) is 0.474. The Balaban J connectivity index is 1.79. The maximum Gasteiger partial charge on any atom is 0.410 e. The average Bonchev–Trinajstić information content (AvgIpc) is 2.55. The molecule has 1 aliphatic rings. The Bertz CT molecular complexity index is 647. The van der Waals surface area contributed by atoms with Gasteiger partial charge in [-0.1, -0.05) is 24.3 Å². The first-order valence-corrected chi connectivity index (χ1v) is 9.01. The molecule has 8 heteroatoms. The number of benzene rings is 1. The molecule has 7 nitrogen and oxygen atoms in total. The molecule has 0 aromatic heterocycles. The van der Waals surface area contributed by atoms with Gasteiger partial charge in [-0.3, -0.25) is 10.3 Å². The first-order chi connectivity index (χ1) is 12.2. The van der Waals surface area contributed by atoms with E-state index in [2.05, 4.69) is 39.8 Å². The molecule has 0 unspecified atom stereocenters. The van der Waals surface area contributed by atoms with Gasteiger partial charge < -0.3 is 15.4 Å². The Morgan fingerprint density at radius 1 is 1.27 bits per heavy atom. The van der Waals surface area contributed by atoms with Crippen molar-refractivity contribution in [3.63, 3.8) is 0 Å². The molecule has 0 atom stereocenters. The highest BCUT2D eigenvalue weighted by atomic mass is 32.1. The Kier molecular flexibility index (Phi) is 6.93. The topological polar surface area (TPSA) is 83.2 Å². The molecule has 3 N–H and O–H groups in total. The van der Waals surface area contributed by atoms with Gasteiger partial charge in [0, 0.05) is 32.7 Å². The fourth-order valence-electron chi connectivity index (χ4n) is 2.55. The number of thiocarbonyl (C=S) groups is 1. The maximum atomic E-state index is 12.1. The van der Waals surface area contributed by atoms with Gasteiger partial charge in [-0.15, -0.1) is 0 Å². The fourth-order valence-corrected chi connectivity index (χ4v) is 2.61. The first-order valence-electron chi connectivity index (χ1n) is 8.61. The zero-order valence-corrected chi connectivity index (χ0v) is 16.4. The summed E-state index contributed by atoms with van der Waals surface area (Å²) in [6.45, 7) is 9.54. The van der Waals surface area contributed by atoms with Crippen LogP contribution in [-0.4, -0.2) is 59.0 Å². The lowest BCUT2D eigenvalue weighted by Crippen LogP contribution is -2.49. The summed E-state index contributed by atoms with van der Waals surface area (Å²) >= 11 is 4.69. The van der Waals surface area contributed by atoms with Gasteiger partial charge in [0.1, 0.15) is 5.60 Å². The second-order valence-electron chi connectivity index (χ2n) is 7.22. The number of hydrazone groups is 1. The monoisotopic (exact) mass is 377 g/mol. The number of nitrogens with two attached hydrogens (primary N) is 1. The van der Waals surface area contributed by atoms with Crippen molar-refractivity contribution in [3.8, 4) is 0 Å². The van der Waals surface area contributed by atoms with Crippen LogP contribution in [0.4, 0.5) is 4.79 Å². The summed E-state index contributed by atoms with van der Waals surface area (Å²) in [5.41, 5.74) is 9.57. The Morgan fingerprint density at radius 3 is 2.42 bits per heavy atom. The van der Waals surface area contributed by atoms with E-state index in [0.29, 0.717) is 13.1 Å². The largest absolute Gasteiger partial charge is 0.444 e. The van der Waals surface area contributed by atoms with Crippen LogP contribution in [-0.2, 0) is 11.3 Å². The van der Waals surface area contributed by atoms with E-state index in [0.717, 1.165) is 25.2 Å². The van der Waals surface area contributed by atoms with E-state index in [9.17, 15) is 4.79 Å². The predicted octanol–water partition coefficient (Wildman–Crippen LogP) is 1.91. The normalized spacial score (nSPS) is 15.9. The zero-order chi connectivity index (χ0) is 19.2. The zero-order valence-electron chi connectivity index (χ0n) is 15.6. The third-order valence-electron chi connectivity index (χ3n) is 3.80. The summed E-state index contributed by atoms with van der Waals surface area (Å²) in [6, 6.07) is 8.14. The number of amides is 1. The maximum absolute atomic E-state index is 12.1. The Morgan fingerprint density at radius 2 is 1.88 bits per heavy atom. The average molecular weight is 378 g/mol. The molecule has 0 aliphatic carbocycles. The number of nitrogens with zero attached hydrogens (tertiary/aromatic N) is 3. The van der Waals surface area contributed by atoms with Gasteiger partial charge in [-0.2, -0.15) is 5.10 Å². The van der Waals surface area contributed by atoms with Crippen molar-refractivity contribution in [3.05, 3.63) is 35.4 Å². The minimum absolute atomic E-state index is 0.142. The number of carbonyl (C=O) groups excluding carboxylic acids is 1. The van der Waals surface area contributed by atoms with Crippen LogP contribution in [0.15, 0.2) is 29.4 Å². The number of hydrogen-bond donors (Lipinski definition) is 2. The van der Waals surface area contributed by atoms with Gasteiger partial charge in [0.25, 0.3) is 0 Å². The summed E-state index contributed by atoms with van der Waals surface area (Å²) in [7, 11) is 0. The first kappa shape index (κ1) is 20.1. The van der Waals surface area contributed by atoms with Gasteiger partial charge in [-0.25, -0.2) is 4.79 Å². The molecule has 2 rings (SSSR count). The molecule has 1 heterocycles. The van der Waals surface area contributed by atoms with Crippen LogP contribution in [0.2, 0.25) is 0 Å². The van der Waals surface area contributed by atoms with Crippen LogP contribution in [0.3, 0.4) is 0 Å². The van der Waals surface area contributed by atoms with Gasteiger partial charge in [0.05, 0.1) is 6.21 Å². The standard InChI is InChI=1S/C18H27N5O2S/c1-18(2,3)25-17(24)23-10-8-22(9-11-23)13-15-6-4-14(5-7-15)12-20-21-16(19)26/h4-7,12H,8-11,13H2,1-3H3,(H3,19,21,26). The molecule has 26 heavy (non-hydrogen) atoms. The molecule has 142 valence electrons. The molecule has 0 radical (unpaired) electrons. The molecule has 1 saturated heterocycles. The highest BCUT2D eigenvalue weighted by Crippen LogP contribution is 2.13. The molecule has 1 aromatic carbocycles. The molecule has 0 spiro atoms. The SMILES string of the molecule is CC(C)(C)OC(=O)N1CCN(Cc2ccc(C=NNC(N)=S)cc2)CC1. The van der Waals surface area contributed by atoms with Crippen LogP contribution in [0, 0.1) is 0 Å². The molecule has 1 fully saturated rings. The molecular formula is C18H27N5O2S. The minimum Gasteiger partial charge on any atom is -0.444 e. The number of carbonyl (C=O) groups is 1. The fraction of sp³-hybridized carbons (Fsp3) is 0.500. The van der Waals surface area contributed by atoms with E-state index in [-0.39, 0.29) is 11.2 Å². The predicted molar refractivity (Wildman–Crippen MR) is 107 cm³/mol. The second kappa shape index (κ2) is 8.95. The van der Waals surface area contributed by atoms with Crippen molar-refractivity contribution < 1.29 is 9.53 Å². The number of hydrogen-bond acceptors (Lipinski definition) is 5. The van der Waals surface area contributed by atoms with Gasteiger partial charge in [0.2, 0.25) is 0 Å². The summed E-state index contributed by atoms with van der Waals surface area (Å²) in [4.78, 5) is 16.2. The molecule has 1 aliphatic heterocycles. The van der Waals surface area contributed by atoms with Crippen LogP contribution >= 0.6 is 12.2 Å². The molecule has 1 amide bonds. The lowest BCUT2D eigenvalue weighted by atomic mass is 10.1. The van der Waals surface area contributed by atoms with Crippen molar-refractivity contribution in [1.82, 2.24) is 15.2 Å². The second-order valence-corrected chi connectivity index (χ2v) is 7.66. The lowest BCUT2D eigenvalue weighted by Gasteiger charge is -2.35. The Hall–Kier alpha value is -2.19. The minimum atomic E-state index is -0.455. The smallest absolute Gasteiger partial charge is 0.410 e.